The maximum atomic E-state index is 6.26. The van der Waals surface area contributed by atoms with E-state index in [0.29, 0.717) is 6.10 Å². The topological polar surface area (TPSA) is 9.23 Å². The van der Waals surface area contributed by atoms with E-state index in [0.717, 1.165) is 36.2 Å². The molecule has 3 aliphatic rings. The zero-order valence-electron chi connectivity index (χ0n) is 16.9. The van der Waals surface area contributed by atoms with Crippen molar-refractivity contribution in [3.8, 4) is 0 Å². The fourth-order valence-electron chi connectivity index (χ4n) is 5.74. The molecule has 0 aromatic rings. The standard InChI is InChI=1S/C24H42O/c1-3-5-20-10-13-22(14-11-20)23-15-17-24(25-18-23)16-12-21-8-6-19(4-2)7-9-21/h12,16,19-24H,3-11,13-15,17-18H2,1-2H3/b16-12+. The van der Waals surface area contributed by atoms with E-state index in [4.69, 9.17) is 4.74 Å². The van der Waals surface area contributed by atoms with E-state index in [2.05, 4.69) is 26.0 Å². The minimum atomic E-state index is 0.413. The predicted octanol–water partition coefficient (Wildman–Crippen LogP) is 7.16. The molecule has 0 bridgehead atoms. The lowest BCUT2D eigenvalue weighted by molar-refractivity contribution is -0.0170. The molecule has 1 saturated heterocycles. The molecule has 1 aliphatic heterocycles. The molecule has 2 atom stereocenters. The smallest absolute Gasteiger partial charge is 0.0756 e. The third-order valence-electron chi connectivity index (χ3n) is 7.67. The lowest BCUT2D eigenvalue weighted by Crippen LogP contribution is -2.31. The second-order valence-electron chi connectivity index (χ2n) is 9.35. The number of hydrogen-bond acceptors (Lipinski definition) is 1. The van der Waals surface area contributed by atoms with Gasteiger partial charge < -0.3 is 4.74 Å². The van der Waals surface area contributed by atoms with Crippen molar-refractivity contribution in [2.45, 2.75) is 103 Å². The Morgan fingerprint density at radius 3 is 2.00 bits per heavy atom. The van der Waals surface area contributed by atoms with E-state index in [1.807, 2.05) is 0 Å². The number of hydrogen-bond donors (Lipinski definition) is 0. The molecule has 0 aromatic heterocycles. The van der Waals surface area contributed by atoms with Crippen molar-refractivity contribution in [1.82, 2.24) is 0 Å². The largest absolute Gasteiger partial charge is 0.374 e. The maximum absolute atomic E-state index is 6.26. The van der Waals surface area contributed by atoms with Crippen molar-refractivity contribution in [3.05, 3.63) is 12.2 Å². The first-order chi connectivity index (χ1) is 12.3. The molecule has 1 nitrogen and oxygen atoms in total. The molecule has 2 unspecified atom stereocenters. The van der Waals surface area contributed by atoms with Crippen LogP contribution in [0.2, 0.25) is 0 Å². The van der Waals surface area contributed by atoms with Gasteiger partial charge in [0.15, 0.2) is 0 Å². The molecular formula is C24H42O. The Morgan fingerprint density at radius 2 is 1.40 bits per heavy atom. The third-order valence-corrected chi connectivity index (χ3v) is 7.67. The van der Waals surface area contributed by atoms with Crippen molar-refractivity contribution >= 4 is 0 Å². The van der Waals surface area contributed by atoms with Gasteiger partial charge in [-0.25, -0.2) is 0 Å². The molecule has 1 heterocycles. The second kappa shape index (κ2) is 10.1. The van der Waals surface area contributed by atoms with Crippen molar-refractivity contribution < 1.29 is 4.74 Å². The normalized spacial score (nSPS) is 40.4. The van der Waals surface area contributed by atoms with Crippen molar-refractivity contribution in [2.24, 2.45) is 29.6 Å². The molecule has 3 rings (SSSR count). The first-order valence-electron chi connectivity index (χ1n) is 11.6. The van der Waals surface area contributed by atoms with Gasteiger partial charge in [-0.1, -0.05) is 58.1 Å². The van der Waals surface area contributed by atoms with Gasteiger partial charge in [-0.2, -0.15) is 0 Å². The summed E-state index contributed by atoms with van der Waals surface area (Å²) in [7, 11) is 0. The zero-order chi connectivity index (χ0) is 17.5. The van der Waals surface area contributed by atoms with Crippen LogP contribution in [-0.4, -0.2) is 12.7 Å². The van der Waals surface area contributed by atoms with Gasteiger partial charge in [0.25, 0.3) is 0 Å². The Hall–Kier alpha value is -0.300. The van der Waals surface area contributed by atoms with Gasteiger partial charge >= 0.3 is 0 Å². The van der Waals surface area contributed by atoms with E-state index in [9.17, 15) is 0 Å². The summed E-state index contributed by atoms with van der Waals surface area (Å²) >= 11 is 0. The number of allylic oxidation sites excluding steroid dienone is 1. The van der Waals surface area contributed by atoms with Crippen molar-refractivity contribution in [2.75, 3.05) is 6.61 Å². The average molecular weight is 347 g/mol. The fourth-order valence-corrected chi connectivity index (χ4v) is 5.74. The summed E-state index contributed by atoms with van der Waals surface area (Å²) in [6, 6.07) is 0. The Kier molecular flexibility index (Phi) is 7.90. The Balaban J connectivity index is 1.34. The highest BCUT2D eigenvalue weighted by Crippen LogP contribution is 2.39. The summed E-state index contributed by atoms with van der Waals surface area (Å²) in [4.78, 5) is 0. The monoisotopic (exact) mass is 346 g/mol. The molecule has 0 aromatic carbocycles. The first-order valence-corrected chi connectivity index (χ1v) is 11.6. The quantitative estimate of drug-likeness (QED) is 0.463. The van der Waals surface area contributed by atoms with Gasteiger partial charge in [-0.05, 0) is 81.0 Å². The van der Waals surface area contributed by atoms with Gasteiger partial charge in [0.1, 0.15) is 0 Å². The van der Waals surface area contributed by atoms with Gasteiger partial charge in [0.2, 0.25) is 0 Å². The SMILES string of the molecule is CCCC1CCC(C2CCC(/C=C/C3CCC(CC)CC3)OC2)CC1. The van der Waals surface area contributed by atoms with Crippen LogP contribution >= 0.6 is 0 Å². The van der Waals surface area contributed by atoms with Crippen LogP contribution in [0.25, 0.3) is 0 Å². The summed E-state index contributed by atoms with van der Waals surface area (Å²) in [6.45, 7) is 5.72. The average Bonchev–Trinajstić information content (AvgIpc) is 2.68. The molecule has 144 valence electrons. The zero-order valence-corrected chi connectivity index (χ0v) is 16.9. The van der Waals surface area contributed by atoms with Gasteiger partial charge in [0, 0.05) is 0 Å². The maximum Gasteiger partial charge on any atom is 0.0756 e. The lowest BCUT2D eigenvalue weighted by atomic mass is 9.73. The van der Waals surface area contributed by atoms with E-state index in [-0.39, 0.29) is 0 Å². The molecule has 0 amide bonds. The minimum Gasteiger partial charge on any atom is -0.374 e. The molecule has 2 saturated carbocycles. The molecule has 0 N–H and O–H groups in total. The first kappa shape index (κ1) is 19.5. The van der Waals surface area contributed by atoms with Crippen LogP contribution in [0.5, 0.6) is 0 Å². The summed E-state index contributed by atoms with van der Waals surface area (Å²) in [5.74, 6) is 4.68. The highest BCUT2D eigenvalue weighted by Gasteiger charge is 2.30. The van der Waals surface area contributed by atoms with E-state index in [1.165, 1.54) is 83.5 Å². The Morgan fingerprint density at radius 1 is 0.720 bits per heavy atom. The molecule has 1 heteroatoms. The predicted molar refractivity (Wildman–Crippen MR) is 108 cm³/mol. The second-order valence-corrected chi connectivity index (χ2v) is 9.35. The summed E-state index contributed by atoms with van der Waals surface area (Å²) in [5.41, 5.74) is 0. The summed E-state index contributed by atoms with van der Waals surface area (Å²) < 4.78 is 6.26. The van der Waals surface area contributed by atoms with Crippen molar-refractivity contribution in [1.29, 1.82) is 0 Å². The molecule has 2 aliphatic carbocycles. The van der Waals surface area contributed by atoms with Crippen LogP contribution in [0, 0.1) is 29.6 Å². The van der Waals surface area contributed by atoms with Crippen LogP contribution in [0.4, 0.5) is 0 Å². The van der Waals surface area contributed by atoms with Crippen LogP contribution in [0.15, 0.2) is 12.2 Å². The van der Waals surface area contributed by atoms with Gasteiger partial charge in [0.05, 0.1) is 12.7 Å². The molecule has 0 spiro atoms. The number of ether oxygens (including phenoxy) is 1. The summed E-state index contributed by atoms with van der Waals surface area (Å²) in [6.07, 6.45) is 23.8. The lowest BCUT2D eigenvalue weighted by Gasteiger charge is -2.37. The van der Waals surface area contributed by atoms with Gasteiger partial charge in [-0.15, -0.1) is 0 Å². The third kappa shape index (κ3) is 5.84. The summed E-state index contributed by atoms with van der Waals surface area (Å²) in [5, 5.41) is 0. The Labute approximate surface area is 157 Å². The number of rotatable bonds is 6. The molecular weight excluding hydrogens is 304 g/mol. The molecule has 0 radical (unpaired) electrons. The minimum absolute atomic E-state index is 0.413. The molecule has 25 heavy (non-hydrogen) atoms. The van der Waals surface area contributed by atoms with Crippen LogP contribution in [-0.2, 0) is 4.74 Å². The van der Waals surface area contributed by atoms with E-state index in [1.54, 1.807) is 0 Å². The van der Waals surface area contributed by atoms with E-state index < -0.39 is 0 Å². The van der Waals surface area contributed by atoms with Crippen LogP contribution < -0.4 is 0 Å². The van der Waals surface area contributed by atoms with Crippen LogP contribution in [0.1, 0.15) is 97.3 Å². The van der Waals surface area contributed by atoms with Gasteiger partial charge in [-0.3, -0.25) is 0 Å². The fraction of sp³-hybridized carbons (Fsp3) is 0.917. The Bertz CT molecular complexity index is 377. The highest BCUT2D eigenvalue weighted by atomic mass is 16.5. The van der Waals surface area contributed by atoms with Crippen molar-refractivity contribution in [3.63, 3.8) is 0 Å². The van der Waals surface area contributed by atoms with Crippen LogP contribution in [0.3, 0.4) is 0 Å². The highest BCUT2D eigenvalue weighted by molar-refractivity contribution is 4.97. The van der Waals surface area contributed by atoms with E-state index >= 15 is 0 Å². The molecule has 3 fully saturated rings.